The maximum Gasteiger partial charge on any atom is 0.191 e. The first-order valence-corrected chi connectivity index (χ1v) is 11.0. The van der Waals surface area contributed by atoms with Crippen LogP contribution in [0.5, 0.6) is 0 Å². The van der Waals surface area contributed by atoms with Crippen molar-refractivity contribution in [2.75, 3.05) is 59.5 Å². The number of benzene rings is 1. The molecule has 170 valence electrons. The smallest absolute Gasteiger partial charge is 0.191 e. The summed E-state index contributed by atoms with van der Waals surface area (Å²) < 4.78 is 19.4. The van der Waals surface area contributed by atoms with Gasteiger partial charge in [0.05, 0.1) is 19.3 Å². The number of halogens is 2. The first kappa shape index (κ1) is 25.3. The fraction of sp³-hybridized carbons (Fsp3) is 0.682. The van der Waals surface area contributed by atoms with E-state index in [0.717, 1.165) is 63.8 Å². The van der Waals surface area contributed by atoms with Crippen molar-refractivity contribution < 1.29 is 9.13 Å². The van der Waals surface area contributed by atoms with Crippen LogP contribution in [0, 0.1) is 5.82 Å². The molecule has 0 bridgehead atoms. The second-order valence-electron chi connectivity index (χ2n) is 7.93. The number of guanidine groups is 1. The topological polar surface area (TPSA) is 52.1 Å². The number of hydrogen-bond acceptors (Lipinski definition) is 4. The molecule has 3 rings (SSSR count). The van der Waals surface area contributed by atoms with Crippen LogP contribution in [0.1, 0.15) is 37.8 Å². The van der Waals surface area contributed by atoms with E-state index in [1.165, 1.54) is 19.0 Å². The van der Waals surface area contributed by atoms with Crippen LogP contribution < -0.4 is 10.6 Å². The first-order chi connectivity index (χ1) is 14.2. The van der Waals surface area contributed by atoms with Crippen molar-refractivity contribution in [1.29, 1.82) is 0 Å². The highest BCUT2D eigenvalue weighted by Gasteiger charge is 2.24. The van der Waals surface area contributed by atoms with E-state index in [-0.39, 0.29) is 35.8 Å². The molecule has 2 aliphatic heterocycles. The molecule has 0 spiro atoms. The zero-order valence-electron chi connectivity index (χ0n) is 18.3. The van der Waals surface area contributed by atoms with Gasteiger partial charge in [0.2, 0.25) is 0 Å². The highest BCUT2D eigenvalue weighted by Crippen LogP contribution is 2.22. The SMILES string of the molecule is CCCN1CCC(NC(=NC)NCC(c2cccc(F)c2)N2CCOCC2)CC1.I. The molecule has 0 amide bonds. The van der Waals surface area contributed by atoms with Crippen LogP contribution in [-0.4, -0.2) is 81.3 Å². The minimum absolute atomic E-state index is 0. The van der Waals surface area contributed by atoms with E-state index in [0.29, 0.717) is 12.6 Å². The molecule has 1 aromatic rings. The van der Waals surface area contributed by atoms with Crippen molar-refractivity contribution in [2.24, 2.45) is 4.99 Å². The molecular formula is C22H37FIN5O. The van der Waals surface area contributed by atoms with Crippen molar-refractivity contribution in [1.82, 2.24) is 20.4 Å². The summed E-state index contributed by atoms with van der Waals surface area (Å²) in [5.41, 5.74) is 0.989. The van der Waals surface area contributed by atoms with Crippen molar-refractivity contribution in [3.05, 3.63) is 35.6 Å². The molecule has 6 nitrogen and oxygen atoms in total. The molecule has 2 fully saturated rings. The molecule has 0 radical (unpaired) electrons. The second kappa shape index (κ2) is 13.4. The minimum atomic E-state index is -0.192. The van der Waals surface area contributed by atoms with E-state index in [1.54, 1.807) is 12.1 Å². The van der Waals surface area contributed by atoms with Gasteiger partial charge in [-0.2, -0.15) is 0 Å². The zero-order chi connectivity index (χ0) is 20.5. The van der Waals surface area contributed by atoms with Crippen LogP contribution in [-0.2, 0) is 4.74 Å². The third-order valence-corrected chi connectivity index (χ3v) is 5.87. The summed E-state index contributed by atoms with van der Waals surface area (Å²) in [6.45, 7) is 9.52. The normalized spacial score (nSPS) is 20.4. The molecule has 1 unspecified atom stereocenters. The molecule has 0 saturated carbocycles. The van der Waals surface area contributed by atoms with Gasteiger partial charge < -0.3 is 20.3 Å². The Bertz CT molecular complexity index is 648. The molecule has 1 atom stereocenters. The molecule has 2 N–H and O–H groups in total. The molecular weight excluding hydrogens is 496 g/mol. The summed E-state index contributed by atoms with van der Waals surface area (Å²) in [6.07, 6.45) is 3.49. The number of hydrogen-bond donors (Lipinski definition) is 2. The third kappa shape index (κ3) is 7.62. The van der Waals surface area contributed by atoms with E-state index >= 15 is 0 Å². The van der Waals surface area contributed by atoms with Gasteiger partial charge in [0, 0.05) is 45.8 Å². The maximum atomic E-state index is 13.9. The molecule has 0 aliphatic carbocycles. The number of nitrogens with one attached hydrogen (secondary N) is 2. The van der Waals surface area contributed by atoms with Crippen LogP contribution in [0.2, 0.25) is 0 Å². The lowest BCUT2D eigenvalue weighted by atomic mass is 10.0. The van der Waals surface area contributed by atoms with Crippen molar-refractivity contribution >= 4 is 29.9 Å². The Morgan fingerprint density at radius 1 is 1.23 bits per heavy atom. The van der Waals surface area contributed by atoms with E-state index in [2.05, 4.69) is 32.3 Å². The van der Waals surface area contributed by atoms with Crippen LogP contribution in [0.3, 0.4) is 0 Å². The fourth-order valence-corrected chi connectivity index (χ4v) is 4.26. The number of morpholine rings is 1. The van der Waals surface area contributed by atoms with E-state index < -0.39 is 0 Å². The van der Waals surface area contributed by atoms with Gasteiger partial charge in [-0.1, -0.05) is 19.1 Å². The fourth-order valence-electron chi connectivity index (χ4n) is 4.26. The standard InChI is InChI=1S/C22H36FN5O.HI/c1-3-9-27-10-7-20(8-11-27)26-22(24-2)25-17-21(28-12-14-29-15-13-28)18-5-4-6-19(23)16-18;/h4-6,16,20-21H,3,7-15,17H2,1-2H3,(H2,24,25,26);1H. The Balaban J connectivity index is 0.00000320. The number of likely N-dealkylation sites (tertiary alicyclic amines) is 1. The van der Waals surface area contributed by atoms with Crippen LogP contribution in [0.4, 0.5) is 4.39 Å². The molecule has 1 aromatic carbocycles. The molecule has 30 heavy (non-hydrogen) atoms. The van der Waals surface area contributed by atoms with Crippen molar-refractivity contribution in [3.8, 4) is 0 Å². The predicted molar refractivity (Wildman–Crippen MR) is 131 cm³/mol. The Morgan fingerprint density at radius 3 is 2.60 bits per heavy atom. The number of piperidine rings is 1. The number of aliphatic imine (C=N–C) groups is 1. The Kier molecular flexibility index (Phi) is 11.3. The number of rotatable bonds is 7. The van der Waals surface area contributed by atoms with Gasteiger partial charge in [0.1, 0.15) is 5.82 Å². The van der Waals surface area contributed by atoms with E-state index in [9.17, 15) is 4.39 Å². The van der Waals surface area contributed by atoms with Gasteiger partial charge in [-0.25, -0.2) is 4.39 Å². The third-order valence-electron chi connectivity index (χ3n) is 5.87. The molecule has 2 heterocycles. The summed E-state index contributed by atoms with van der Waals surface area (Å²) in [5, 5.41) is 7.07. The number of ether oxygens (including phenoxy) is 1. The second-order valence-corrected chi connectivity index (χ2v) is 7.93. The van der Waals surface area contributed by atoms with Crippen molar-refractivity contribution in [2.45, 2.75) is 38.3 Å². The van der Waals surface area contributed by atoms with Crippen LogP contribution in [0.25, 0.3) is 0 Å². The monoisotopic (exact) mass is 533 g/mol. The largest absolute Gasteiger partial charge is 0.379 e. The Morgan fingerprint density at radius 2 is 1.97 bits per heavy atom. The van der Waals surface area contributed by atoms with Gasteiger partial charge in [-0.05, 0) is 43.5 Å². The molecule has 2 saturated heterocycles. The summed E-state index contributed by atoms with van der Waals surface area (Å²) in [6, 6.07) is 7.46. The average Bonchev–Trinajstić information content (AvgIpc) is 2.75. The van der Waals surface area contributed by atoms with Gasteiger partial charge in [-0.15, -0.1) is 24.0 Å². The lowest BCUT2D eigenvalue weighted by Gasteiger charge is -2.36. The Labute approximate surface area is 197 Å². The van der Waals surface area contributed by atoms with Crippen LogP contribution in [0.15, 0.2) is 29.3 Å². The van der Waals surface area contributed by atoms with E-state index in [4.69, 9.17) is 4.74 Å². The first-order valence-electron chi connectivity index (χ1n) is 11.0. The highest BCUT2D eigenvalue weighted by molar-refractivity contribution is 14.0. The average molecular weight is 533 g/mol. The molecule has 0 aromatic heterocycles. The lowest BCUT2D eigenvalue weighted by Crippen LogP contribution is -2.51. The van der Waals surface area contributed by atoms with E-state index in [1.807, 2.05) is 13.1 Å². The Hall–Kier alpha value is -0.970. The minimum Gasteiger partial charge on any atom is -0.379 e. The van der Waals surface area contributed by atoms with Gasteiger partial charge in [-0.3, -0.25) is 9.89 Å². The predicted octanol–water partition coefficient (Wildman–Crippen LogP) is 2.86. The van der Waals surface area contributed by atoms with Gasteiger partial charge in [0.15, 0.2) is 5.96 Å². The summed E-state index contributed by atoms with van der Waals surface area (Å²) in [5.74, 6) is 0.635. The van der Waals surface area contributed by atoms with Gasteiger partial charge in [0.25, 0.3) is 0 Å². The molecule has 8 heteroatoms. The number of nitrogens with zero attached hydrogens (tertiary/aromatic N) is 3. The summed E-state index contributed by atoms with van der Waals surface area (Å²) in [7, 11) is 1.81. The lowest BCUT2D eigenvalue weighted by molar-refractivity contribution is 0.0169. The van der Waals surface area contributed by atoms with Crippen LogP contribution >= 0.6 is 24.0 Å². The van der Waals surface area contributed by atoms with Gasteiger partial charge >= 0.3 is 0 Å². The summed E-state index contributed by atoms with van der Waals surface area (Å²) >= 11 is 0. The quantitative estimate of drug-likeness (QED) is 0.321. The summed E-state index contributed by atoms with van der Waals surface area (Å²) in [4.78, 5) is 9.33. The maximum absolute atomic E-state index is 13.9. The highest BCUT2D eigenvalue weighted by atomic mass is 127. The van der Waals surface area contributed by atoms with Crippen molar-refractivity contribution in [3.63, 3.8) is 0 Å². The molecule has 2 aliphatic rings. The zero-order valence-corrected chi connectivity index (χ0v) is 20.6.